The molecule has 0 atom stereocenters. The molecule has 0 radical (unpaired) electrons. The summed E-state index contributed by atoms with van der Waals surface area (Å²) in [6, 6.07) is 6.79. The third kappa shape index (κ3) is 4.71. The molecule has 1 aliphatic rings. The highest BCUT2D eigenvalue weighted by Crippen LogP contribution is 2.20. The molecular weight excluding hydrogens is 330 g/mol. The summed E-state index contributed by atoms with van der Waals surface area (Å²) in [7, 11) is 3.30. The third-order valence-electron chi connectivity index (χ3n) is 4.16. The second-order valence-electron chi connectivity index (χ2n) is 6.08. The summed E-state index contributed by atoms with van der Waals surface area (Å²) < 4.78 is 0. The van der Waals surface area contributed by atoms with E-state index in [1.54, 1.807) is 43.3 Å². The number of amides is 3. The van der Waals surface area contributed by atoms with Gasteiger partial charge in [0, 0.05) is 43.7 Å². The summed E-state index contributed by atoms with van der Waals surface area (Å²) in [6.45, 7) is 1.07. The Hall–Kier alpha value is -2.08. The predicted molar refractivity (Wildman–Crippen MR) is 91.8 cm³/mol. The molecule has 0 aromatic heterocycles. The molecule has 1 aromatic carbocycles. The normalized spacial score (nSPS) is 15.0. The molecule has 3 amide bonds. The van der Waals surface area contributed by atoms with Crippen molar-refractivity contribution in [3.63, 3.8) is 0 Å². The minimum absolute atomic E-state index is 0.00968. The average molecular weight is 352 g/mol. The van der Waals surface area contributed by atoms with Crippen LogP contribution in [0.4, 0.5) is 0 Å². The summed E-state index contributed by atoms with van der Waals surface area (Å²) in [5.74, 6) is -0.468. The number of carbonyl (C=O) groups excluding carboxylic acids is 3. The van der Waals surface area contributed by atoms with Crippen LogP contribution in [0.25, 0.3) is 0 Å². The lowest BCUT2D eigenvalue weighted by Crippen LogP contribution is -2.44. The van der Waals surface area contributed by atoms with Crippen molar-refractivity contribution in [2.75, 3.05) is 33.7 Å². The first kappa shape index (κ1) is 18.3. The van der Waals surface area contributed by atoms with Crippen LogP contribution in [0.5, 0.6) is 0 Å². The number of nitrogens with zero attached hydrogens (tertiary/aromatic N) is 2. The molecule has 1 saturated heterocycles. The number of halogens is 1. The zero-order chi connectivity index (χ0) is 17.7. The molecule has 2 rings (SSSR count). The molecule has 0 unspecified atom stereocenters. The van der Waals surface area contributed by atoms with Crippen molar-refractivity contribution in [3.05, 3.63) is 34.9 Å². The predicted octanol–water partition coefficient (Wildman–Crippen LogP) is 1.40. The number of piperidine rings is 1. The summed E-state index contributed by atoms with van der Waals surface area (Å²) in [5, 5.41) is 3.26. The molecule has 1 aliphatic heterocycles. The number of hydrogen-bond acceptors (Lipinski definition) is 3. The second kappa shape index (κ2) is 8.15. The summed E-state index contributed by atoms with van der Waals surface area (Å²) in [5.41, 5.74) is 0.596. The second-order valence-corrected chi connectivity index (χ2v) is 6.52. The Labute approximate surface area is 146 Å². The zero-order valence-corrected chi connectivity index (χ0v) is 14.7. The fourth-order valence-corrected chi connectivity index (χ4v) is 2.71. The van der Waals surface area contributed by atoms with Crippen LogP contribution < -0.4 is 5.32 Å². The SMILES string of the molecule is CN(C)C(=O)CNC(=O)C1CCN(C(=O)c2ccc(Cl)cc2)CC1. The van der Waals surface area contributed by atoms with Crippen LogP contribution in [0, 0.1) is 5.92 Å². The van der Waals surface area contributed by atoms with Gasteiger partial charge in [-0.1, -0.05) is 11.6 Å². The molecule has 6 nitrogen and oxygen atoms in total. The number of benzene rings is 1. The Morgan fingerprint density at radius 2 is 1.75 bits per heavy atom. The number of nitrogens with one attached hydrogen (secondary N) is 1. The van der Waals surface area contributed by atoms with Crippen LogP contribution in [-0.2, 0) is 9.59 Å². The molecule has 1 aromatic rings. The van der Waals surface area contributed by atoms with Gasteiger partial charge in [0.1, 0.15) is 0 Å². The zero-order valence-electron chi connectivity index (χ0n) is 13.9. The maximum atomic E-state index is 12.4. The molecule has 7 heteroatoms. The van der Waals surface area contributed by atoms with E-state index < -0.39 is 0 Å². The quantitative estimate of drug-likeness (QED) is 0.891. The van der Waals surface area contributed by atoms with E-state index in [1.807, 2.05) is 0 Å². The lowest BCUT2D eigenvalue weighted by Gasteiger charge is -2.31. The summed E-state index contributed by atoms with van der Waals surface area (Å²) >= 11 is 5.83. The highest BCUT2D eigenvalue weighted by Gasteiger charge is 2.28. The van der Waals surface area contributed by atoms with Crippen molar-refractivity contribution in [1.29, 1.82) is 0 Å². The number of likely N-dealkylation sites (tertiary alicyclic amines) is 1. The van der Waals surface area contributed by atoms with E-state index >= 15 is 0 Å². The molecule has 24 heavy (non-hydrogen) atoms. The molecule has 1 N–H and O–H groups in total. The van der Waals surface area contributed by atoms with E-state index in [1.165, 1.54) is 4.90 Å². The van der Waals surface area contributed by atoms with Crippen LogP contribution in [0.15, 0.2) is 24.3 Å². The van der Waals surface area contributed by atoms with Gasteiger partial charge in [0.15, 0.2) is 0 Å². The number of hydrogen-bond donors (Lipinski definition) is 1. The van der Waals surface area contributed by atoms with Gasteiger partial charge in [0.25, 0.3) is 5.91 Å². The van der Waals surface area contributed by atoms with Crippen molar-refractivity contribution in [3.8, 4) is 0 Å². The number of rotatable bonds is 4. The van der Waals surface area contributed by atoms with E-state index in [-0.39, 0.29) is 30.2 Å². The number of carbonyl (C=O) groups is 3. The van der Waals surface area contributed by atoms with Gasteiger partial charge in [-0.2, -0.15) is 0 Å². The standard InChI is InChI=1S/C17H22ClN3O3/c1-20(2)15(22)11-19-16(23)12-7-9-21(10-8-12)17(24)13-3-5-14(18)6-4-13/h3-6,12H,7-11H2,1-2H3,(H,19,23). The lowest BCUT2D eigenvalue weighted by molar-refractivity contribution is -0.132. The molecule has 0 saturated carbocycles. The van der Waals surface area contributed by atoms with Crippen LogP contribution in [0.2, 0.25) is 5.02 Å². The van der Waals surface area contributed by atoms with Crippen molar-refractivity contribution < 1.29 is 14.4 Å². The molecule has 0 aliphatic carbocycles. The van der Waals surface area contributed by atoms with Crippen molar-refractivity contribution in [2.45, 2.75) is 12.8 Å². The first-order valence-corrected chi connectivity index (χ1v) is 8.29. The highest BCUT2D eigenvalue weighted by molar-refractivity contribution is 6.30. The summed E-state index contributed by atoms with van der Waals surface area (Å²) in [4.78, 5) is 39.2. The Bertz CT molecular complexity index is 608. The van der Waals surface area contributed by atoms with Crippen molar-refractivity contribution in [2.24, 2.45) is 5.92 Å². The fourth-order valence-electron chi connectivity index (χ4n) is 2.58. The fraction of sp³-hybridized carbons (Fsp3) is 0.471. The van der Waals surface area contributed by atoms with Crippen LogP contribution in [0.1, 0.15) is 23.2 Å². The molecule has 1 heterocycles. The highest BCUT2D eigenvalue weighted by atomic mass is 35.5. The first-order valence-electron chi connectivity index (χ1n) is 7.91. The first-order chi connectivity index (χ1) is 11.4. The van der Waals surface area contributed by atoms with E-state index in [0.717, 1.165) is 0 Å². The Morgan fingerprint density at radius 1 is 1.17 bits per heavy atom. The van der Waals surface area contributed by atoms with Gasteiger partial charge in [0.2, 0.25) is 11.8 Å². The Balaban J connectivity index is 1.82. The van der Waals surface area contributed by atoms with Gasteiger partial charge < -0.3 is 15.1 Å². The van der Waals surface area contributed by atoms with E-state index in [0.29, 0.717) is 36.5 Å². The molecular formula is C17H22ClN3O3. The van der Waals surface area contributed by atoms with Gasteiger partial charge >= 0.3 is 0 Å². The van der Waals surface area contributed by atoms with Crippen LogP contribution in [-0.4, -0.2) is 61.3 Å². The molecule has 1 fully saturated rings. The van der Waals surface area contributed by atoms with Gasteiger partial charge in [-0.05, 0) is 37.1 Å². The molecule has 130 valence electrons. The van der Waals surface area contributed by atoms with Gasteiger partial charge in [-0.25, -0.2) is 0 Å². The molecule has 0 spiro atoms. The van der Waals surface area contributed by atoms with Crippen molar-refractivity contribution in [1.82, 2.24) is 15.1 Å². The van der Waals surface area contributed by atoms with E-state index in [2.05, 4.69) is 5.32 Å². The lowest BCUT2D eigenvalue weighted by atomic mass is 9.95. The monoisotopic (exact) mass is 351 g/mol. The van der Waals surface area contributed by atoms with Crippen LogP contribution in [0.3, 0.4) is 0 Å². The number of likely N-dealkylation sites (N-methyl/N-ethyl adjacent to an activating group) is 1. The third-order valence-corrected chi connectivity index (χ3v) is 4.41. The van der Waals surface area contributed by atoms with Crippen molar-refractivity contribution >= 4 is 29.3 Å². The smallest absolute Gasteiger partial charge is 0.253 e. The van der Waals surface area contributed by atoms with Gasteiger partial charge in [0.05, 0.1) is 6.54 Å². The maximum absolute atomic E-state index is 12.4. The summed E-state index contributed by atoms with van der Waals surface area (Å²) in [6.07, 6.45) is 1.20. The minimum atomic E-state index is -0.158. The van der Waals surface area contributed by atoms with Gasteiger partial charge in [-0.15, -0.1) is 0 Å². The van der Waals surface area contributed by atoms with Crippen LogP contribution >= 0.6 is 11.6 Å². The average Bonchev–Trinajstić information content (AvgIpc) is 2.59. The topological polar surface area (TPSA) is 69.7 Å². The van der Waals surface area contributed by atoms with E-state index in [9.17, 15) is 14.4 Å². The largest absolute Gasteiger partial charge is 0.347 e. The maximum Gasteiger partial charge on any atom is 0.253 e. The van der Waals surface area contributed by atoms with Gasteiger partial charge in [-0.3, -0.25) is 14.4 Å². The Morgan fingerprint density at radius 3 is 2.29 bits per heavy atom. The molecule has 0 bridgehead atoms. The van der Waals surface area contributed by atoms with E-state index in [4.69, 9.17) is 11.6 Å². The Kier molecular flexibility index (Phi) is 6.20. The minimum Gasteiger partial charge on any atom is -0.347 e.